The van der Waals surface area contributed by atoms with Crippen molar-refractivity contribution in [2.24, 2.45) is 5.73 Å². The van der Waals surface area contributed by atoms with Crippen LogP contribution in [0.4, 0.5) is 0 Å². The molecule has 0 spiro atoms. The van der Waals surface area contributed by atoms with Crippen molar-refractivity contribution in [3.8, 4) is 0 Å². The van der Waals surface area contributed by atoms with Crippen LogP contribution in [0, 0.1) is 0 Å². The van der Waals surface area contributed by atoms with Crippen LogP contribution in [0.5, 0.6) is 0 Å². The van der Waals surface area contributed by atoms with E-state index < -0.39 is 5.91 Å². The molecule has 0 bridgehead atoms. The molecule has 1 aliphatic rings. The number of carbonyl (C=O) groups excluding carboxylic acids is 1. The lowest BCUT2D eigenvalue weighted by Crippen LogP contribution is -2.36. The summed E-state index contributed by atoms with van der Waals surface area (Å²) in [6.07, 6.45) is 4.62. The Bertz CT molecular complexity index is 986. The van der Waals surface area contributed by atoms with E-state index in [0.717, 1.165) is 27.9 Å². The number of pyridine rings is 1. The third kappa shape index (κ3) is 3.31. The first-order valence-electron chi connectivity index (χ1n) is 9.10. The maximum atomic E-state index is 12.5. The molecule has 0 unspecified atom stereocenters. The number of benzene rings is 1. The summed E-state index contributed by atoms with van der Waals surface area (Å²) in [5.41, 5.74) is 9.57. The second kappa shape index (κ2) is 7.25. The molecule has 1 fully saturated rings. The van der Waals surface area contributed by atoms with Gasteiger partial charge < -0.3 is 20.7 Å². The van der Waals surface area contributed by atoms with Crippen LogP contribution in [-0.4, -0.2) is 45.1 Å². The summed E-state index contributed by atoms with van der Waals surface area (Å²) in [5.74, 6) is -0.472. The van der Waals surface area contributed by atoms with Gasteiger partial charge in [0.05, 0.1) is 17.4 Å². The Morgan fingerprint density at radius 1 is 1.15 bits per heavy atom. The van der Waals surface area contributed by atoms with Crippen molar-refractivity contribution in [1.29, 1.82) is 0 Å². The summed E-state index contributed by atoms with van der Waals surface area (Å²) in [6, 6.07) is 13.4. The number of aliphatic hydroxyl groups is 1. The van der Waals surface area contributed by atoms with Crippen molar-refractivity contribution in [3.63, 3.8) is 0 Å². The minimum absolute atomic E-state index is 0.305. The van der Waals surface area contributed by atoms with E-state index in [-0.39, 0.29) is 6.10 Å². The molecule has 0 saturated carbocycles. The number of hydrogen-bond donors (Lipinski definition) is 3. The van der Waals surface area contributed by atoms with E-state index in [1.165, 1.54) is 0 Å². The van der Waals surface area contributed by atoms with Gasteiger partial charge >= 0.3 is 0 Å². The molecule has 3 heterocycles. The minimum atomic E-state index is -0.472. The standard InChI is InChI=1S/C21H22N4O2/c22-20(27)18(14-5-2-1-3-6-14)19(25-11-8-15(26)9-12-25)17-13-24-21-16(17)7-4-10-23-21/h1-7,10,13,15,26H,8-9,11-12H2,(H2,22,27)(H,23,24). The predicted octanol–water partition coefficient (Wildman–Crippen LogP) is 2.37. The lowest BCUT2D eigenvalue weighted by atomic mass is 9.96. The minimum Gasteiger partial charge on any atom is -0.393 e. The number of aromatic amines is 1. The van der Waals surface area contributed by atoms with E-state index in [4.69, 9.17) is 5.73 Å². The fraction of sp³-hybridized carbons (Fsp3) is 0.238. The normalized spacial score (nSPS) is 16.4. The number of aromatic nitrogens is 2. The highest BCUT2D eigenvalue weighted by atomic mass is 16.3. The molecule has 1 aliphatic heterocycles. The van der Waals surface area contributed by atoms with Crippen LogP contribution in [-0.2, 0) is 4.79 Å². The number of nitrogens with one attached hydrogen (secondary N) is 1. The second-order valence-corrected chi connectivity index (χ2v) is 6.77. The summed E-state index contributed by atoms with van der Waals surface area (Å²) < 4.78 is 0. The summed E-state index contributed by atoms with van der Waals surface area (Å²) in [5, 5.41) is 10.9. The van der Waals surface area contributed by atoms with Crippen molar-refractivity contribution >= 4 is 28.2 Å². The van der Waals surface area contributed by atoms with Crippen molar-refractivity contribution in [3.05, 3.63) is 66.0 Å². The molecule has 1 aromatic carbocycles. The van der Waals surface area contributed by atoms with Crippen LogP contribution in [0.15, 0.2) is 54.9 Å². The molecule has 4 N–H and O–H groups in total. The predicted molar refractivity (Wildman–Crippen MR) is 105 cm³/mol. The molecule has 0 radical (unpaired) electrons. The largest absolute Gasteiger partial charge is 0.393 e. The summed E-state index contributed by atoms with van der Waals surface area (Å²) >= 11 is 0. The number of carbonyl (C=O) groups is 1. The number of H-pyrrole nitrogens is 1. The van der Waals surface area contributed by atoms with E-state index in [2.05, 4.69) is 14.9 Å². The number of amides is 1. The maximum Gasteiger partial charge on any atom is 0.251 e. The molecule has 138 valence electrons. The van der Waals surface area contributed by atoms with Gasteiger partial charge in [-0.25, -0.2) is 4.98 Å². The van der Waals surface area contributed by atoms with Crippen LogP contribution < -0.4 is 5.73 Å². The first-order chi connectivity index (χ1) is 13.1. The Balaban J connectivity index is 1.96. The van der Waals surface area contributed by atoms with Crippen LogP contribution in [0.1, 0.15) is 24.0 Å². The molecular weight excluding hydrogens is 340 g/mol. The van der Waals surface area contributed by atoms with Crippen molar-refractivity contribution in [2.45, 2.75) is 18.9 Å². The fourth-order valence-electron chi connectivity index (χ4n) is 3.70. The van der Waals surface area contributed by atoms with E-state index in [1.807, 2.05) is 48.7 Å². The molecule has 6 heteroatoms. The first-order valence-corrected chi connectivity index (χ1v) is 9.10. The third-order valence-electron chi connectivity index (χ3n) is 5.03. The number of nitrogens with two attached hydrogens (primary N) is 1. The van der Waals surface area contributed by atoms with Gasteiger partial charge in [-0.2, -0.15) is 0 Å². The number of nitrogens with zero attached hydrogens (tertiary/aromatic N) is 2. The van der Waals surface area contributed by atoms with E-state index in [9.17, 15) is 9.90 Å². The maximum absolute atomic E-state index is 12.5. The average Bonchev–Trinajstić information content (AvgIpc) is 3.11. The second-order valence-electron chi connectivity index (χ2n) is 6.77. The van der Waals surface area contributed by atoms with Gasteiger partial charge in [0.2, 0.25) is 0 Å². The zero-order valence-corrected chi connectivity index (χ0v) is 14.9. The molecule has 3 aromatic rings. The molecule has 1 saturated heterocycles. The van der Waals surface area contributed by atoms with Crippen LogP contribution >= 0.6 is 0 Å². The molecule has 1 amide bonds. The van der Waals surface area contributed by atoms with E-state index in [0.29, 0.717) is 31.5 Å². The molecule has 0 aliphatic carbocycles. The number of likely N-dealkylation sites (tertiary alicyclic amines) is 1. The lowest BCUT2D eigenvalue weighted by molar-refractivity contribution is -0.112. The summed E-state index contributed by atoms with van der Waals surface area (Å²) in [6.45, 7) is 1.32. The van der Waals surface area contributed by atoms with Gasteiger partial charge in [0, 0.05) is 36.4 Å². The highest BCUT2D eigenvalue weighted by Crippen LogP contribution is 2.35. The molecule has 2 aromatic heterocycles. The van der Waals surface area contributed by atoms with E-state index >= 15 is 0 Å². The number of rotatable bonds is 4. The zero-order valence-electron chi connectivity index (χ0n) is 14.9. The topological polar surface area (TPSA) is 95.2 Å². The van der Waals surface area contributed by atoms with E-state index in [1.54, 1.807) is 6.20 Å². The summed E-state index contributed by atoms with van der Waals surface area (Å²) in [4.78, 5) is 22.2. The monoisotopic (exact) mass is 362 g/mol. The third-order valence-corrected chi connectivity index (χ3v) is 5.03. The van der Waals surface area contributed by atoms with Crippen LogP contribution in [0.2, 0.25) is 0 Å². The fourth-order valence-corrected chi connectivity index (χ4v) is 3.70. The van der Waals surface area contributed by atoms with Crippen LogP contribution in [0.3, 0.4) is 0 Å². The van der Waals surface area contributed by atoms with Gasteiger partial charge in [0.15, 0.2) is 0 Å². The number of fused-ring (bicyclic) bond motifs is 1. The molecule has 0 atom stereocenters. The van der Waals surface area contributed by atoms with Gasteiger partial charge in [-0.05, 0) is 30.5 Å². The SMILES string of the molecule is NC(=O)C(=C(c1c[nH]c2ncccc12)N1CCC(O)CC1)c1ccccc1. The van der Waals surface area contributed by atoms with Gasteiger partial charge in [-0.15, -0.1) is 0 Å². The molecule has 4 rings (SSSR count). The zero-order chi connectivity index (χ0) is 18.8. The Kier molecular flexibility index (Phi) is 4.64. The van der Waals surface area contributed by atoms with Gasteiger partial charge in [0.25, 0.3) is 5.91 Å². The van der Waals surface area contributed by atoms with Crippen molar-refractivity contribution in [2.75, 3.05) is 13.1 Å². The van der Waals surface area contributed by atoms with Crippen molar-refractivity contribution < 1.29 is 9.90 Å². The Morgan fingerprint density at radius 3 is 2.59 bits per heavy atom. The Hall–Kier alpha value is -3.12. The summed E-state index contributed by atoms with van der Waals surface area (Å²) in [7, 11) is 0. The Morgan fingerprint density at radius 2 is 1.89 bits per heavy atom. The highest BCUT2D eigenvalue weighted by molar-refractivity contribution is 6.27. The molecule has 27 heavy (non-hydrogen) atoms. The first kappa shape index (κ1) is 17.3. The molecule has 6 nitrogen and oxygen atoms in total. The quantitative estimate of drug-likeness (QED) is 0.621. The van der Waals surface area contributed by atoms with Gasteiger partial charge in [-0.1, -0.05) is 30.3 Å². The number of piperidine rings is 1. The van der Waals surface area contributed by atoms with Gasteiger partial charge in [-0.3, -0.25) is 4.79 Å². The lowest BCUT2D eigenvalue weighted by Gasteiger charge is -2.34. The number of primary amides is 1. The highest BCUT2D eigenvalue weighted by Gasteiger charge is 2.27. The Labute approximate surface area is 157 Å². The van der Waals surface area contributed by atoms with Crippen LogP contribution in [0.25, 0.3) is 22.3 Å². The van der Waals surface area contributed by atoms with Crippen molar-refractivity contribution in [1.82, 2.24) is 14.9 Å². The number of aliphatic hydroxyl groups excluding tert-OH is 1. The van der Waals surface area contributed by atoms with Gasteiger partial charge in [0.1, 0.15) is 5.65 Å². The smallest absolute Gasteiger partial charge is 0.251 e. The number of hydrogen-bond acceptors (Lipinski definition) is 4. The molecular formula is C21H22N4O2. The average molecular weight is 362 g/mol.